The quantitative estimate of drug-likeness (QED) is 0.293. The maximum Gasteiger partial charge on any atom is 0.305 e. The van der Waals surface area contributed by atoms with Crippen LogP contribution in [0.5, 0.6) is 0 Å². The molecule has 0 aromatic carbocycles. The van der Waals surface area contributed by atoms with Crippen molar-refractivity contribution in [3.63, 3.8) is 0 Å². The van der Waals surface area contributed by atoms with Crippen LogP contribution in [-0.2, 0) is 14.3 Å². The van der Waals surface area contributed by atoms with Crippen LogP contribution in [0.15, 0.2) is 12.3 Å². The number of rotatable bonds is 8. The van der Waals surface area contributed by atoms with Crippen molar-refractivity contribution in [2.75, 3.05) is 12.3 Å². The Labute approximate surface area is 136 Å². The van der Waals surface area contributed by atoms with Gasteiger partial charge < -0.3 is 15.8 Å². The molecule has 0 aliphatic rings. The first-order chi connectivity index (χ1) is 10.9. The molecule has 1 rings (SSSR count). The molecule has 0 spiro atoms. The fourth-order valence-electron chi connectivity index (χ4n) is 2.08. The van der Waals surface area contributed by atoms with Crippen molar-refractivity contribution in [2.24, 2.45) is 0 Å². The van der Waals surface area contributed by atoms with E-state index < -0.39 is 0 Å². The van der Waals surface area contributed by atoms with Gasteiger partial charge in [0.1, 0.15) is 5.69 Å². The van der Waals surface area contributed by atoms with Crippen LogP contribution in [0.1, 0.15) is 50.3 Å². The topological polar surface area (TPSA) is 118 Å². The predicted octanol–water partition coefficient (Wildman–Crippen LogP) is 1.93. The zero-order chi connectivity index (χ0) is 17.2. The van der Waals surface area contributed by atoms with E-state index in [1.54, 1.807) is 19.9 Å². The van der Waals surface area contributed by atoms with E-state index in [0.29, 0.717) is 43.7 Å². The van der Waals surface area contributed by atoms with Crippen molar-refractivity contribution in [3.8, 4) is 0 Å². The van der Waals surface area contributed by atoms with Crippen LogP contribution in [0.2, 0.25) is 0 Å². The number of hydrogen-bond acceptors (Lipinski definition) is 6. The molecule has 0 fully saturated rings. The summed E-state index contributed by atoms with van der Waals surface area (Å²) in [7, 11) is 0. The number of carbonyl (C=O) groups is 2. The number of aromatic nitrogens is 1. The van der Waals surface area contributed by atoms with E-state index in [4.69, 9.17) is 15.9 Å². The highest BCUT2D eigenvalue weighted by Gasteiger charge is 2.11. The van der Waals surface area contributed by atoms with E-state index in [1.807, 2.05) is 0 Å². The largest absolute Gasteiger partial charge is 0.466 e. The van der Waals surface area contributed by atoms with Crippen LogP contribution in [-0.4, -0.2) is 29.3 Å². The third kappa shape index (κ3) is 6.90. The SMILES string of the molecule is CCOC(=O)CCCCCC(=O)NC(=N)c1ncc(N)cc1C. The summed E-state index contributed by atoms with van der Waals surface area (Å²) in [5.41, 5.74) is 7.28. The minimum atomic E-state index is -0.232. The minimum Gasteiger partial charge on any atom is -0.466 e. The molecule has 0 unspecified atom stereocenters. The molecule has 0 radical (unpaired) electrons. The van der Waals surface area contributed by atoms with E-state index in [2.05, 4.69) is 10.3 Å². The van der Waals surface area contributed by atoms with Crippen molar-refractivity contribution in [2.45, 2.75) is 46.0 Å². The molecule has 4 N–H and O–H groups in total. The summed E-state index contributed by atoms with van der Waals surface area (Å²) in [5.74, 6) is -0.466. The first-order valence-electron chi connectivity index (χ1n) is 7.70. The van der Waals surface area contributed by atoms with Crippen LogP contribution >= 0.6 is 0 Å². The van der Waals surface area contributed by atoms with Gasteiger partial charge in [-0.25, -0.2) is 0 Å². The molecule has 1 aromatic rings. The van der Waals surface area contributed by atoms with Crippen molar-refractivity contribution >= 4 is 23.4 Å². The van der Waals surface area contributed by atoms with Gasteiger partial charge in [-0.15, -0.1) is 0 Å². The molecular weight excluding hydrogens is 296 g/mol. The Morgan fingerprint density at radius 3 is 2.65 bits per heavy atom. The fraction of sp³-hybridized carbons (Fsp3) is 0.500. The number of nitrogens with one attached hydrogen (secondary N) is 2. The Balaban J connectivity index is 2.28. The van der Waals surface area contributed by atoms with Crippen molar-refractivity contribution < 1.29 is 14.3 Å². The number of carbonyl (C=O) groups excluding carboxylic acids is 2. The second-order valence-electron chi connectivity index (χ2n) is 5.22. The number of esters is 1. The molecule has 23 heavy (non-hydrogen) atoms. The lowest BCUT2D eigenvalue weighted by molar-refractivity contribution is -0.143. The second kappa shape index (κ2) is 9.55. The van der Waals surface area contributed by atoms with E-state index in [0.717, 1.165) is 12.0 Å². The number of amidine groups is 1. The molecule has 0 saturated heterocycles. The van der Waals surface area contributed by atoms with Gasteiger partial charge in [-0.05, 0) is 38.3 Å². The van der Waals surface area contributed by atoms with Gasteiger partial charge in [0, 0.05) is 12.8 Å². The number of ether oxygens (including phenoxy) is 1. The van der Waals surface area contributed by atoms with Gasteiger partial charge in [-0.2, -0.15) is 0 Å². The van der Waals surface area contributed by atoms with E-state index in [1.165, 1.54) is 6.20 Å². The van der Waals surface area contributed by atoms with Crippen molar-refractivity contribution in [3.05, 3.63) is 23.5 Å². The normalized spacial score (nSPS) is 10.2. The molecule has 126 valence electrons. The Morgan fingerprint density at radius 1 is 1.30 bits per heavy atom. The zero-order valence-corrected chi connectivity index (χ0v) is 13.6. The number of pyridine rings is 1. The Morgan fingerprint density at radius 2 is 2.00 bits per heavy atom. The molecular formula is C16H24N4O3. The molecule has 1 heterocycles. The first-order valence-corrected chi connectivity index (χ1v) is 7.70. The van der Waals surface area contributed by atoms with E-state index in [-0.39, 0.29) is 17.7 Å². The van der Waals surface area contributed by atoms with Gasteiger partial charge in [0.15, 0.2) is 5.84 Å². The van der Waals surface area contributed by atoms with Crippen LogP contribution in [0.4, 0.5) is 5.69 Å². The Bertz CT molecular complexity index is 572. The summed E-state index contributed by atoms with van der Waals surface area (Å²) < 4.78 is 4.83. The molecule has 0 bridgehead atoms. The van der Waals surface area contributed by atoms with Gasteiger partial charge >= 0.3 is 5.97 Å². The fourth-order valence-corrected chi connectivity index (χ4v) is 2.08. The lowest BCUT2D eigenvalue weighted by Gasteiger charge is -2.09. The number of nitrogens with zero attached hydrogens (tertiary/aromatic N) is 1. The summed E-state index contributed by atoms with van der Waals surface area (Å²) in [6, 6.07) is 1.71. The number of unbranched alkanes of at least 4 members (excludes halogenated alkanes) is 2. The Hall–Kier alpha value is -2.44. The van der Waals surface area contributed by atoms with E-state index in [9.17, 15) is 9.59 Å². The van der Waals surface area contributed by atoms with Gasteiger partial charge in [0.2, 0.25) is 5.91 Å². The highest BCUT2D eigenvalue weighted by Crippen LogP contribution is 2.09. The van der Waals surface area contributed by atoms with Crippen LogP contribution in [0.3, 0.4) is 0 Å². The smallest absolute Gasteiger partial charge is 0.305 e. The standard InChI is InChI=1S/C16H24N4O3/c1-3-23-14(22)8-6-4-5-7-13(21)20-16(18)15-11(2)9-12(17)10-19-15/h9-10H,3-8,17H2,1-2H3,(H2,18,20,21). The summed E-state index contributed by atoms with van der Waals surface area (Å²) >= 11 is 0. The highest BCUT2D eigenvalue weighted by molar-refractivity contribution is 6.05. The summed E-state index contributed by atoms with van der Waals surface area (Å²) in [5, 5.41) is 10.4. The maximum atomic E-state index is 11.8. The van der Waals surface area contributed by atoms with Gasteiger partial charge in [0.05, 0.1) is 18.5 Å². The molecule has 0 atom stereocenters. The number of nitrogens with two attached hydrogens (primary N) is 1. The maximum absolute atomic E-state index is 11.8. The van der Waals surface area contributed by atoms with Crippen LogP contribution in [0, 0.1) is 12.3 Å². The molecule has 0 aliphatic carbocycles. The Kier molecular flexibility index (Phi) is 7.73. The monoisotopic (exact) mass is 320 g/mol. The lowest BCUT2D eigenvalue weighted by atomic mass is 10.1. The van der Waals surface area contributed by atoms with Gasteiger partial charge in [-0.1, -0.05) is 6.42 Å². The average molecular weight is 320 g/mol. The second-order valence-corrected chi connectivity index (χ2v) is 5.22. The zero-order valence-electron chi connectivity index (χ0n) is 13.6. The first kappa shape index (κ1) is 18.6. The van der Waals surface area contributed by atoms with Gasteiger partial charge in [-0.3, -0.25) is 20.0 Å². The number of hydrogen-bond donors (Lipinski definition) is 3. The molecule has 1 aromatic heterocycles. The summed E-state index contributed by atoms with van der Waals surface area (Å²) in [6.45, 7) is 3.95. The van der Waals surface area contributed by atoms with Crippen molar-refractivity contribution in [1.82, 2.24) is 10.3 Å². The third-order valence-corrected chi connectivity index (χ3v) is 3.19. The third-order valence-electron chi connectivity index (χ3n) is 3.19. The lowest BCUT2D eigenvalue weighted by Crippen LogP contribution is -2.31. The average Bonchev–Trinajstić information content (AvgIpc) is 2.46. The van der Waals surface area contributed by atoms with E-state index >= 15 is 0 Å². The molecule has 7 heteroatoms. The predicted molar refractivity (Wildman–Crippen MR) is 88.1 cm³/mol. The van der Waals surface area contributed by atoms with Crippen LogP contribution < -0.4 is 11.1 Å². The van der Waals surface area contributed by atoms with Crippen molar-refractivity contribution in [1.29, 1.82) is 5.41 Å². The summed E-state index contributed by atoms with van der Waals surface area (Å²) in [6.07, 6.45) is 4.25. The molecule has 0 saturated carbocycles. The van der Waals surface area contributed by atoms with Gasteiger partial charge in [0.25, 0.3) is 0 Å². The highest BCUT2D eigenvalue weighted by atomic mass is 16.5. The molecule has 1 amide bonds. The number of aryl methyl sites for hydroxylation is 1. The summed E-state index contributed by atoms with van der Waals surface area (Å²) in [4.78, 5) is 27.0. The molecule has 0 aliphatic heterocycles. The number of nitrogen functional groups attached to an aromatic ring is 1. The minimum absolute atomic E-state index is 0.0287. The molecule has 7 nitrogen and oxygen atoms in total. The van der Waals surface area contributed by atoms with Crippen LogP contribution in [0.25, 0.3) is 0 Å². The number of anilines is 1. The number of amides is 1.